The van der Waals surface area contributed by atoms with Gasteiger partial charge in [0.15, 0.2) is 0 Å². The highest BCUT2D eigenvalue weighted by molar-refractivity contribution is 5.79. The fourth-order valence-electron chi connectivity index (χ4n) is 3.86. The molecule has 2 heterocycles. The molecule has 0 bridgehead atoms. The lowest BCUT2D eigenvalue weighted by Crippen LogP contribution is -2.29. The summed E-state index contributed by atoms with van der Waals surface area (Å²) >= 11 is 0. The van der Waals surface area contributed by atoms with Gasteiger partial charge >= 0.3 is 0 Å². The number of rotatable bonds is 6. The highest BCUT2D eigenvalue weighted by Gasteiger charge is 2.34. The van der Waals surface area contributed by atoms with Crippen molar-refractivity contribution in [2.24, 2.45) is 0 Å². The van der Waals surface area contributed by atoms with Crippen molar-refractivity contribution in [1.29, 1.82) is 0 Å². The van der Waals surface area contributed by atoms with Crippen molar-refractivity contribution >= 4 is 16.6 Å². The molecule has 0 aliphatic carbocycles. The van der Waals surface area contributed by atoms with Crippen LogP contribution in [0.4, 0.5) is 5.69 Å². The van der Waals surface area contributed by atoms with Gasteiger partial charge in [-0.3, -0.25) is 4.79 Å². The number of aromatic amines is 1. The minimum absolute atomic E-state index is 0.0716. The molecule has 3 aromatic rings. The van der Waals surface area contributed by atoms with Crippen molar-refractivity contribution in [3.63, 3.8) is 0 Å². The molecule has 1 aromatic heterocycles. The van der Waals surface area contributed by atoms with Crippen molar-refractivity contribution in [2.75, 3.05) is 31.8 Å². The van der Waals surface area contributed by atoms with Gasteiger partial charge in [0, 0.05) is 24.8 Å². The molecule has 0 fully saturated rings. The van der Waals surface area contributed by atoms with Crippen molar-refractivity contribution in [2.45, 2.75) is 25.8 Å². The molecule has 0 saturated heterocycles. The zero-order valence-electron chi connectivity index (χ0n) is 16.5. The number of para-hydroxylation sites is 1. The summed E-state index contributed by atoms with van der Waals surface area (Å²) in [6.07, 6.45) is 0. The summed E-state index contributed by atoms with van der Waals surface area (Å²) in [4.78, 5) is 22.5. The van der Waals surface area contributed by atoms with E-state index in [4.69, 9.17) is 9.47 Å². The quantitative estimate of drug-likeness (QED) is 0.666. The number of methoxy groups -OCH3 is 1. The van der Waals surface area contributed by atoms with Crippen molar-refractivity contribution in [3.05, 3.63) is 64.2 Å². The van der Waals surface area contributed by atoms with E-state index in [9.17, 15) is 4.79 Å². The number of hydrogen-bond donors (Lipinski definition) is 1. The van der Waals surface area contributed by atoms with Crippen LogP contribution in [0.2, 0.25) is 0 Å². The average molecular weight is 379 g/mol. The zero-order valence-corrected chi connectivity index (χ0v) is 16.5. The van der Waals surface area contributed by atoms with E-state index >= 15 is 0 Å². The van der Waals surface area contributed by atoms with Gasteiger partial charge in [-0.2, -0.15) is 0 Å². The summed E-state index contributed by atoms with van der Waals surface area (Å²) in [7, 11) is 1.62. The van der Waals surface area contributed by atoms with Gasteiger partial charge in [0.1, 0.15) is 18.2 Å². The lowest BCUT2D eigenvalue weighted by atomic mass is 9.87. The van der Waals surface area contributed by atoms with E-state index in [-0.39, 0.29) is 11.0 Å². The first-order valence-corrected chi connectivity index (χ1v) is 9.47. The Balaban J connectivity index is 1.60. The zero-order chi connectivity index (χ0) is 19.7. The van der Waals surface area contributed by atoms with E-state index in [1.54, 1.807) is 13.2 Å². The number of hydrogen-bond acceptors (Lipinski definition) is 5. The smallest absolute Gasteiger partial charge is 0.258 e. The Morgan fingerprint density at radius 3 is 2.82 bits per heavy atom. The minimum atomic E-state index is -0.149. The lowest BCUT2D eigenvalue weighted by Gasteiger charge is -2.22. The summed E-state index contributed by atoms with van der Waals surface area (Å²) in [5, 5.41) is 0.529. The maximum atomic E-state index is 12.6. The first-order chi connectivity index (χ1) is 13.5. The summed E-state index contributed by atoms with van der Waals surface area (Å²) in [6, 6.07) is 13.8. The van der Waals surface area contributed by atoms with Crippen LogP contribution in [0.1, 0.15) is 25.2 Å². The molecule has 0 saturated carbocycles. The van der Waals surface area contributed by atoms with E-state index < -0.39 is 0 Å². The standard InChI is InChI=1S/C22H25N3O3/c1-22(2)14-25(19-7-5-4-6-17(19)22)13-20-23-18-9-8-15(28-11-10-27-3)12-16(18)21(26)24-20/h4-9,12H,10-11,13-14H2,1-3H3,(H,23,24,26). The molecule has 146 valence electrons. The monoisotopic (exact) mass is 379 g/mol. The third kappa shape index (κ3) is 3.47. The Morgan fingerprint density at radius 2 is 2.00 bits per heavy atom. The van der Waals surface area contributed by atoms with E-state index in [1.807, 2.05) is 12.1 Å². The highest BCUT2D eigenvalue weighted by atomic mass is 16.5. The molecule has 28 heavy (non-hydrogen) atoms. The van der Waals surface area contributed by atoms with Crippen LogP contribution < -0.4 is 15.2 Å². The predicted molar refractivity (Wildman–Crippen MR) is 110 cm³/mol. The van der Waals surface area contributed by atoms with Crippen molar-refractivity contribution in [1.82, 2.24) is 9.97 Å². The Kier molecular flexibility index (Phi) is 4.81. The maximum Gasteiger partial charge on any atom is 0.258 e. The number of nitrogens with zero attached hydrogens (tertiary/aromatic N) is 2. The van der Waals surface area contributed by atoms with Crippen molar-refractivity contribution in [3.8, 4) is 5.75 Å². The van der Waals surface area contributed by atoms with Gasteiger partial charge in [-0.1, -0.05) is 32.0 Å². The van der Waals surface area contributed by atoms with E-state index in [0.29, 0.717) is 42.2 Å². The molecule has 1 aliphatic heterocycles. The molecular formula is C22H25N3O3. The fourth-order valence-corrected chi connectivity index (χ4v) is 3.86. The number of anilines is 1. The number of aromatic nitrogens is 2. The van der Waals surface area contributed by atoms with Crippen LogP contribution in [0.15, 0.2) is 47.3 Å². The van der Waals surface area contributed by atoms with Crippen LogP contribution in [0.25, 0.3) is 10.9 Å². The second kappa shape index (κ2) is 7.28. The van der Waals surface area contributed by atoms with Gasteiger partial charge in [-0.15, -0.1) is 0 Å². The molecule has 6 heteroatoms. The Hall–Kier alpha value is -2.86. The Morgan fingerprint density at radius 1 is 1.18 bits per heavy atom. The Labute approximate surface area is 164 Å². The number of ether oxygens (including phenoxy) is 2. The van der Waals surface area contributed by atoms with Gasteiger partial charge in [-0.05, 0) is 29.8 Å². The predicted octanol–water partition coefficient (Wildman–Crippen LogP) is 3.25. The van der Waals surface area contributed by atoms with E-state index in [1.165, 1.54) is 11.3 Å². The SMILES string of the molecule is COCCOc1ccc2nc(CN3CC(C)(C)c4ccccc43)[nH]c(=O)c2c1. The van der Waals surface area contributed by atoms with Crippen LogP contribution in [-0.2, 0) is 16.7 Å². The van der Waals surface area contributed by atoms with E-state index in [0.717, 1.165) is 6.54 Å². The van der Waals surface area contributed by atoms with Gasteiger partial charge in [0.05, 0.1) is 24.1 Å². The topological polar surface area (TPSA) is 67.5 Å². The van der Waals surface area contributed by atoms with Crippen LogP contribution in [-0.4, -0.2) is 36.8 Å². The highest BCUT2D eigenvalue weighted by Crippen LogP contribution is 2.40. The Bertz CT molecular complexity index is 1060. The molecule has 0 unspecified atom stereocenters. The minimum Gasteiger partial charge on any atom is -0.491 e. The summed E-state index contributed by atoms with van der Waals surface area (Å²) in [6.45, 7) is 6.88. The fraction of sp³-hybridized carbons (Fsp3) is 0.364. The lowest BCUT2D eigenvalue weighted by molar-refractivity contribution is 0.146. The molecule has 1 aliphatic rings. The molecular weight excluding hydrogens is 354 g/mol. The number of nitrogens with one attached hydrogen (secondary N) is 1. The van der Waals surface area contributed by atoms with Gasteiger partial charge in [0.25, 0.3) is 5.56 Å². The number of H-pyrrole nitrogens is 1. The second-order valence-corrected chi connectivity index (χ2v) is 7.79. The molecule has 0 amide bonds. The second-order valence-electron chi connectivity index (χ2n) is 7.79. The van der Waals surface area contributed by atoms with E-state index in [2.05, 4.69) is 53.0 Å². The van der Waals surface area contributed by atoms with Crippen LogP contribution in [0.3, 0.4) is 0 Å². The molecule has 2 aromatic carbocycles. The first-order valence-electron chi connectivity index (χ1n) is 9.47. The van der Waals surface area contributed by atoms with Crippen LogP contribution in [0.5, 0.6) is 5.75 Å². The summed E-state index contributed by atoms with van der Waals surface area (Å²) < 4.78 is 10.6. The third-order valence-electron chi connectivity index (χ3n) is 5.18. The number of fused-ring (bicyclic) bond motifs is 2. The van der Waals surface area contributed by atoms with Crippen LogP contribution >= 0.6 is 0 Å². The van der Waals surface area contributed by atoms with Gasteiger partial charge in [0.2, 0.25) is 0 Å². The molecule has 1 N–H and O–H groups in total. The molecule has 0 radical (unpaired) electrons. The van der Waals surface area contributed by atoms with Crippen molar-refractivity contribution < 1.29 is 9.47 Å². The summed E-state index contributed by atoms with van der Waals surface area (Å²) in [5.74, 6) is 1.30. The molecule has 0 spiro atoms. The molecule has 0 atom stereocenters. The molecule has 6 nitrogen and oxygen atoms in total. The normalized spacial score (nSPS) is 15.0. The molecule has 4 rings (SSSR count). The third-order valence-corrected chi connectivity index (χ3v) is 5.18. The maximum absolute atomic E-state index is 12.6. The number of benzene rings is 2. The van der Waals surface area contributed by atoms with Crippen LogP contribution in [0, 0.1) is 0 Å². The largest absolute Gasteiger partial charge is 0.491 e. The van der Waals surface area contributed by atoms with Gasteiger partial charge < -0.3 is 19.4 Å². The summed E-state index contributed by atoms with van der Waals surface area (Å²) in [5.41, 5.74) is 3.13. The van der Waals surface area contributed by atoms with Gasteiger partial charge in [-0.25, -0.2) is 4.98 Å². The first kappa shape index (κ1) is 18.5. The average Bonchev–Trinajstić information content (AvgIpc) is 2.93.